The molecule has 2 N–H and O–H groups in total. The van der Waals surface area contributed by atoms with Crippen LogP contribution in [0, 0.1) is 0 Å². The van der Waals surface area contributed by atoms with Crippen LogP contribution in [0.3, 0.4) is 0 Å². The number of rotatable bonds is 2. The summed E-state index contributed by atoms with van der Waals surface area (Å²) in [5, 5.41) is 6.57. The fraction of sp³-hybridized carbons (Fsp3) is 0.643. The van der Waals surface area contributed by atoms with Crippen molar-refractivity contribution in [2.24, 2.45) is 0 Å². The molecule has 1 saturated heterocycles. The molecule has 98 valence electrons. The van der Waals surface area contributed by atoms with Gasteiger partial charge in [0.05, 0.1) is 4.88 Å². The Morgan fingerprint density at radius 2 is 2.17 bits per heavy atom. The molecular formula is C14H20N2OS. The van der Waals surface area contributed by atoms with Crippen molar-refractivity contribution in [2.45, 2.75) is 44.6 Å². The highest BCUT2D eigenvalue weighted by Gasteiger charge is 2.29. The van der Waals surface area contributed by atoms with Gasteiger partial charge in [0.2, 0.25) is 0 Å². The molecule has 18 heavy (non-hydrogen) atoms. The van der Waals surface area contributed by atoms with Crippen LogP contribution in [0.15, 0.2) is 6.07 Å². The van der Waals surface area contributed by atoms with Crippen LogP contribution in [-0.2, 0) is 12.8 Å². The van der Waals surface area contributed by atoms with Crippen molar-refractivity contribution in [3.63, 3.8) is 0 Å². The molecule has 0 saturated carbocycles. The van der Waals surface area contributed by atoms with Crippen LogP contribution in [0.2, 0.25) is 0 Å². The molecule has 1 amide bonds. The molecule has 1 aliphatic carbocycles. The Kier molecular flexibility index (Phi) is 3.16. The van der Waals surface area contributed by atoms with E-state index in [1.165, 1.54) is 16.9 Å². The molecule has 2 heterocycles. The number of amides is 1. The minimum atomic E-state index is -0.0310. The van der Waals surface area contributed by atoms with Crippen LogP contribution in [0.1, 0.15) is 46.3 Å². The van der Waals surface area contributed by atoms with Gasteiger partial charge >= 0.3 is 0 Å². The first kappa shape index (κ1) is 12.2. The number of carbonyl (C=O) groups excluding carboxylic acids is 1. The largest absolute Gasteiger partial charge is 0.346 e. The van der Waals surface area contributed by atoms with E-state index in [0.717, 1.165) is 43.6 Å². The molecule has 0 atom stereocenters. The van der Waals surface area contributed by atoms with Gasteiger partial charge in [-0.1, -0.05) is 0 Å². The van der Waals surface area contributed by atoms with Crippen LogP contribution in [0.4, 0.5) is 0 Å². The summed E-state index contributed by atoms with van der Waals surface area (Å²) in [7, 11) is 0. The van der Waals surface area contributed by atoms with Gasteiger partial charge in [-0.05, 0) is 63.7 Å². The molecule has 3 rings (SSSR count). The minimum absolute atomic E-state index is 0.0310. The summed E-state index contributed by atoms with van der Waals surface area (Å²) in [6, 6.07) is 2.10. The van der Waals surface area contributed by atoms with Crippen molar-refractivity contribution >= 4 is 17.2 Å². The second-order valence-corrected chi connectivity index (χ2v) is 6.81. The van der Waals surface area contributed by atoms with Gasteiger partial charge in [0.15, 0.2) is 0 Å². The Balaban J connectivity index is 1.70. The predicted octanol–water partition coefficient (Wildman–Crippen LogP) is 2.11. The maximum Gasteiger partial charge on any atom is 0.261 e. The molecule has 0 radical (unpaired) electrons. The van der Waals surface area contributed by atoms with E-state index in [0.29, 0.717) is 0 Å². The Labute approximate surface area is 112 Å². The first-order valence-corrected chi connectivity index (χ1v) is 7.63. The summed E-state index contributed by atoms with van der Waals surface area (Å²) in [5.41, 5.74) is 1.37. The molecule has 4 heteroatoms. The third-order valence-corrected chi connectivity index (χ3v) is 5.33. The number of nitrogens with one attached hydrogen (secondary N) is 2. The molecule has 1 aromatic heterocycles. The average Bonchev–Trinajstić information content (AvgIpc) is 2.89. The number of fused-ring (bicyclic) bond motifs is 1. The molecule has 1 aromatic rings. The molecule has 3 nitrogen and oxygen atoms in total. The number of piperidine rings is 1. The SMILES string of the molecule is CC1(NC(=O)c2cc3c(s2)CCC3)CCNCC1. The molecule has 0 aromatic carbocycles. The fourth-order valence-corrected chi connectivity index (χ4v) is 4.03. The van der Waals surface area contributed by atoms with Gasteiger partial charge in [-0.15, -0.1) is 11.3 Å². The quantitative estimate of drug-likeness (QED) is 0.859. The van der Waals surface area contributed by atoms with Crippen molar-refractivity contribution in [2.75, 3.05) is 13.1 Å². The number of carbonyl (C=O) groups is 1. The van der Waals surface area contributed by atoms with E-state index in [9.17, 15) is 4.79 Å². The lowest BCUT2D eigenvalue weighted by Gasteiger charge is -2.34. The second-order valence-electron chi connectivity index (χ2n) is 5.68. The van der Waals surface area contributed by atoms with E-state index in [1.54, 1.807) is 11.3 Å². The normalized spacial score (nSPS) is 21.6. The van der Waals surface area contributed by atoms with E-state index in [1.807, 2.05) is 0 Å². The van der Waals surface area contributed by atoms with E-state index >= 15 is 0 Å². The van der Waals surface area contributed by atoms with Gasteiger partial charge in [-0.2, -0.15) is 0 Å². The fourth-order valence-electron chi connectivity index (χ4n) is 2.88. The van der Waals surface area contributed by atoms with Crippen molar-refractivity contribution in [1.82, 2.24) is 10.6 Å². The average molecular weight is 264 g/mol. The van der Waals surface area contributed by atoms with Crippen molar-refractivity contribution < 1.29 is 4.79 Å². The smallest absolute Gasteiger partial charge is 0.261 e. The van der Waals surface area contributed by atoms with Crippen LogP contribution < -0.4 is 10.6 Å². The van der Waals surface area contributed by atoms with E-state index in [-0.39, 0.29) is 11.4 Å². The van der Waals surface area contributed by atoms with Gasteiger partial charge in [0.25, 0.3) is 5.91 Å². The first-order valence-electron chi connectivity index (χ1n) is 6.81. The Hall–Kier alpha value is -0.870. The Morgan fingerprint density at radius 3 is 2.89 bits per heavy atom. The first-order chi connectivity index (χ1) is 8.66. The minimum Gasteiger partial charge on any atom is -0.346 e. The summed E-state index contributed by atoms with van der Waals surface area (Å²) in [4.78, 5) is 14.6. The maximum absolute atomic E-state index is 12.3. The molecule has 0 unspecified atom stereocenters. The Morgan fingerprint density at radius 1 is 1.39 bits per heavy atom. The van der Waals surface area contributed by atoms with Crippen LogP contribution in [0.25, 0.3) is 0 Å². The molecule has 0 spiro atoms. The van der Waals surface area contributed by atoms with E-state index in [4.69, 9.17) is 0 Å². The topological polar surface area (TPSA) is 41.1 Å². The second kappa shape index (κ2) is 4.67. The third kappa shape index (κ3) is 2.31. The number of thiophene rings is 1. The zero-order valence-electron chi connectivity index (χ0n) is 10.8. The number of hydrogen-bond donors (Lipinski definition) is 2. The van der Waals surface area contributed by atoms with Crippen molar-refractivity contribution in [3.05, 3.63) is 21.4 Å². The lowest BCUT2D eigenvalue weighted by Crippen LogP contribution is -2.52. The van der Waals surface area contributed by atoms with Gasteiger partial charge < -0.3 is 10.6 Å². The molecular weight excluding hydrogens is 244 g/mol. The summed E-state index contributed by atoms with van der Waals surface area (Å²) < 4.78 is 0. The highest BCUT2D eigenvalue weighted by atomic mass is 32.1. The van der Waals surface area contributed by atoms with E-state index in [2.05, 4.69) is 23.6 Å². The summed E-state index contributed by atoms with van der Waals surface area (Å²) in [5.74, 6) is 0.124. The Bertz CT molecular complexity index is 439. The summed E-state index contributed by atoms with van der Waals surface area (Å²) in [6.07, 6.45) is 5.61. The van der Waals surface area contributed by atoms with Crippen molar-refractivity contribution in [3.8, 4) is 0 Å². The number of aryl methyl sites for hydroxylation is 2. The zero-order chi connectivity index (χ0) is 12.6. The standard InChI is InChI=1S/C14H20N2OS/c1-14(5-7-15-8-6-14)16-13(17)12-9-10-3-2-4-11(10)18-12/h9,15H,2-8H2,1H3,(H,16,17). The summed E-state index contributed by atoms with van der Waals surface area (Å²) >= 11 is 1.69. The van der Waals surface area contributed by atoms with Crippen LogP contribution in [0.5, 0.6) is 0 Å². The van der Waals surface area contributed by atoms with Crippen LogP contribution in [-0.4, -0.2) is 24.5 Å². The van der Waals surface area contributed by atoms with Crippen molar-refractivity contribution in [1.29, 1.82) is 0 Å². The molecule has 1 aliphatic heterocycles. The lowest BCUT2D eigenvalue weighted by molar-refractivity contribution is 0.0891. The zero-order valence-corrected chi connectivity index (χ0v) is 11.7. The monoisotopic (exact) mass is 264 g/mol. The third-order valence-electron chi connectivity index (χ3n) is 4.09. The summed E-state index contributed by atoms with van der Waals surface area (Å²) in [6.45, 7) is 4.16. The van der Waals surface area contributed by atoms with Gasteiger partial charge in [-0.3, -0.25) is 4.79 Å². The highest BCUT2D eigenvalue weighted by molar-refractivity contribution is 7.14. The van der Waals surface area contributed by atoms with Gasteiger partial charge in [0, 0.05) is 10.4 Å². The van der Waals surface area contributed by atoms with Gasteiger partial charge in [0.1, 0.15) is 0 Å². The molecule has 1 fully saturated rings. The van der Waals surface area contributed by atoms with Gasteiger partial charge in [-0.25, -0.2) is 0 Å². The highest BCUT2D eigenvalue weighted by Crippen LogP contribution is 2.31. The molecule has 2 aliphatic rings. The predicted molar refractivity (Wildman–Crippen MR) is 74.3 cm³/mol. The number of hydrogen-bond acceptors (Lipinski definition) is 3. The molecule has 0 bridgehead atoms. The maximum atomic E-state index is 12.3. The lowest BCUT2D eigenvalue weighted by atomic mass is 9.90. The van der Waals surface area contributed by atoms with Crippen LogP contribution >= 0.6 is 11.3 Å². The van der Waals surface area contributed by atoms with E-state index < -0.39 is 0 Å².